The van der Waals surface area contributed by atoms with Crippen LogP contribution in [0.5, 0.6) is 0 Å². The van der Waals surface area contributed by atoms with Gasteiger partial charge < -0.3 is 15.0 Å². The van der Waals surface area contributed by atoms with E-state index in [0.717, 1.165) is 13.2 Å². The average Bonchev–Trinajstić information content (AvgIpc) is 2.43. The summed E-state index contributed by atoms with van der Waals surface area (Å²) in [6, 6.07) is 0. The highest BCUT2D eigenvalue weighted by atomic mass is 16.5. The van der Waals surface area contributed by atoms with Crippen LogP contribution in [0.4, 0.5) is 0 Å². The molecule has 2 fully saturated rings. The maximum atomic E-state index is 5.70. The maximum Gasteiger partial charge on any atom is 0.0673 e. The molecule has 2 aliphatic heterocycles. The molecule has 0 aromatic heterocycles. The minimum atomic E-state index is 0.410. The zero-order valence-corrected chi connectivity index (χ0v) is 10.8. The van der Waals surface area contributed by atoms with E-state index in [-0.39, 0.29) is 0 Å². The Balaban J connectivity index is 1.86. The summed E-state index contributed by atoms with van der Waals surface area (Å²) >= 11 is 0. The largest absolute Gasteiger partial charge is 0.377 e. The molecular weight excluding hydrogens is 200 g/mol. The van der Waals surface area contributed by atoms with E-state index in [2.05, 4.69) is 24.1 Å². The first-order valence-corrected chi connectivity index (χ1v) is 6.73. The molecule has 94 valence electrons. The van der Waals surface area contributed by atoms with E-state index >= 15 is 0 Å². The molecule has 2 heterocycles. The van der Waals surface area contributed by atoms with Crippen molar-refractivity contribution in [2.75, 3.05) is 39.3 Å². The Labute approximate surface area is 99.5 Å². The van der Waals surface area contributed by atoms with Crippen LogP contribution >= 0.6 is 0 Å². The number of piperidine rings is 1. The van der Waals surface area contributed by atoms with E-state index in [1.54, 1.807) is 0 Å². The summed E-state index contributed by atoms with van der Waals surface area (Å²) in [4.78, 5) is 2.61. The van der Waals surface area contributed by atoms with Crippen LogP contribution < -0.4 is 5.32 Å². The Morgan fingerprint density at radius 3 is 2.88 bits per heavy atom. The molecule has 3 heteroatoms. The molecule has 16 heavy (non-hydrogen) atoms. The van der Waals surface area contributed by atoms with Gasteiger partial charge in [0, 0.05) is 26.2 Å². The topological polar surface area (TPSA) is 24.5 Å². The van der Waals surface area contributed by atoms with Gasteiger partial charge in [-0.2, -0.15) is 0 Å². The number of rotatable bonds is 2. The van der Waals surface area contributed by atoms with Crippen molar-refractivity contribution in [1.82, 2.24) is 10.2 Å². The van der Waals surface area contributed by atoms with Crippen LogP contribution in [0, 0.1) is 5.41 Å². The molecule has 0 spiro atoms. The first-order chi connectivity index (χ1) is 7.68. The third kappa shape index (κ3) is 3.44. The van der Waals surface area contributed by atoms with Gasteiger partial charge in [-0.15, -0.1) is 0 Å². The fraction of sp³-hybridized carbons (Fsp3) is 1.00. The second-order valence-corrected chi connectivity index (χ2v) is 5.83. The van der Waals surface area contributed by atoms with Crippen molar-refractivity contribution in [2.24, 2.45) is 5.41 Å². The number of hydrogen-bond acceptors (Lipinski definition) is 3. The monoisotopic (exact) mass is 226 g/mol. The maximum absolute atomic E-state index is 5.70. The van der Waals surface area contributed by atoms with Gasteiger partial charge in [-0.25, -0.2) is 0 Å². The summed E-state index contributed by atoms with van der Waals surface area (Å²) in [7, 11) is 0. The van der Waals surface area contributed by atoms with Crippen LogP contribution in [-0.2, 0) is 4.74 Å². The predicted molar refractivity (Wildman–Crippen MR) is 66.7 cm³/mol. The third-order valence-electron chi connectivity index (χ3n) is 3.95. The second kappa shape index (κ2) is 5.48. The van der Waals surface area contributed by atoms with Crippen molar-refractivity contribution in [3.05, 3.63) is 0 Å². The Morgan fingerprint density at radius 1 is 1.38 bits per heavy atom. The van der Waals surface area contributed by atoms with Gasteiger partial charge in [0.2, 0.25) is 0 Å². The second-order valence-electron chi connectivity index (χ2n) is 5.83. The summed E-state index contributed by atoms with van der Waals surface area (Å²) in [6.45, 7) is 11.6. The Bertz CT molecular complexity index is 214. The molecule has 2 rings (SSSR count). The molecule has 0 amide bonds. The highest BCUT2D eigenvalue weighted by molar-refractivity contribution is 4.84. The summed E-state index contributed by atoms with van der Waals surface area (Å²) in [5.74, 6) is 0. The van der Waals surface area contributed by atoms with Crippen LogP contribution in [0.15, 0.2) is 0 Å². The van der Waals surface area contributed by atoms with E-state index in [1.165, 1.54) is 45.4 Å². The van der Waals surface area contributed by atoms with Gasteiger partial charge in [-0.3, -0.25) is 0 Å². The molecule has 0 bridgehead atoms. The molecule has 1 unspecified atom stereocenters. The number of hydrogen-bond donors (Lipinski definition) is 1. The molecule has 0 aliphatic carbocycles. The van der Waals surface area contributed by atoms with Crippen LogP contribution in [0.25, 0.3) is 0 Å². The molecule has 0 aromatic rings. The fourth-order valence-electron chi connectivity index (χ4n) is 2.95. The van der Waals surface area contributed by atoms with Gasteiger partial charge >= 0.3 is 0 Å². The van der Waals surface area contributed by atoms with Crippen molar-refractivity contribution in [3.63, 3.8) is 0 Å². The van der Waals surface area contributed by atoms with Crippen LogP contribution in [0.3, 0.4) is 0 Å². The molecular formula is C13H26N2O. The number of nitrogens with zero attached hydrogens (tertiary/aromatic N) is 1. The van der Waals surface area contributed by atoms with E-state index < -0.39 is 0 Å². The molecule has 1 N–H and O–H groups in total. The Hall–Kier alpha value is -0.120. The van der Waals surface area contributed by atoms with Crippen molar-refractivity contribution in [1.29, 1.82) is 0 Å². The molecule has 0 radical (unpaired) electrons. The highest BCUT2D eigenvalue weighted by Crippen LogP contribution is 2.29. The third-order valence-corrected chi connectivity index (χ3v) is 3.95. The molecule has 1 atom stereocenters. The minimum Gasteiger partial charge on any atom is -0.377 e. The minimum absolute atomic E-state index is 0.410. The lowest BCUT2D eigenvalue weighted by Crippen LogP contribution is -2.44. The quantitative estimate of drug-likeness (QED) is 0.772. The van der Waals surface area contributed by atoms with Crippen molar-refractivity contribution >= 4 is 0 Å². The van der Waals surface area contributed by atoms with Crippen molar-refractivity contribution in [2.45, 2.75) is 39.2 Å². The molecule has 3 nitrogen and oxygen atoms in total. The summed E-state index contributed by atoms with van der Waals surface area (Å²) in [6.07, 6.45) is 4.24. The predicted octanol–water partition coefficient (Wildman–Crippen LogP) is 1.49. The zero-order valence-electron chi connectivity index (χ0n) is 10.8. The standard InChI is InChI=1S/C13H26N2O/c1-12-10-15(8-3-9-16-12)11-13(2)4-6-14-7-5-13/h12,14H,3-11H2,1-2H3. The lowest BCUT2D eigenvalue weighted by Gasteiger charge is -2.38. The Kier molecular flexibility index (Phi) is 4.22. The summed E-state index contributed by atoms with van der Waals surface area (Å²) < 4.78 is 5.70. The lowest BCUT2D eigenvalue weighted by atomic mass is 9.80. The highest BCUT2D eigenvalue weighted by Gasteiger charge is 2.29. The van der Waals surface area contributed by atoms with E-state index in [9.17, 15) is 0 Å². The Morgan fingerprint density at radius 2 is 2.12 bits per heavy atom. The SMILES string of the molecule is CC1CN(CC2(C)CCNCC2)CCCO1. The molecule has 2 aliphatic rings. The van der Waals surface area contributed by atoms with Crippen LogP contribution in [0.1, 0.15) is 33.1 Å². The average molecular weight is 226 g/mol. The van der Waals surface area contributed by atoms with E-state index in [0.29, 0.717) is 11.5 Å². The first kappa shape index (κ1) is 12.3. The number of nitrogens with one attached hydrogen (secondary N) is 1. The van der Waals surface area contributed by atoms with Gasteiger partial charge in [-0.1, -0.05) is 6.92 Å². The van der Waals surface area contributed by atoms with Crippen LogP contribution in [-0.4, -0.2) is 50.3 Å². The molecule has 0 aromatic carbocycles. The van der Waals surface area contributed by atoms with E-state index in [1.807, 2.05) is 0 Å². The molecule has 0 saturated carbocycles. The van der Waals surface area contributed by atoms with Gasteiger partial charge in [-0.05, 0) is 44.7 Å². The van der Waals surface area contributed by atoms with Gasteiger partial charge in [0.05, 0.1) is 6.10 Å². The molecule has 2 saturated heterocycles. The summed E-state index contributed by atoms with van der Waals surface area (Å²) in [5.41, 5.74) is 0.523. The van der Waals surface area contributed by atoms with Crippen LogP contribution in [0.2, 0.25) is 0 Å². The smallest absolute Gasteiger partial charge is 0.0673 e. The lowest BCUT2D eigenvalue weighted by molar-refractivity contribution is 0.0566. The van der Waals surface area contributed by atoms with Gasteiger partial charge in [0.15, 0.2) is 0 Å². The van der Waals surface area contributed by atoms with Gasteiger partial charge in [0.25, 0.3) is 0 Å². The fourth-order valence-corrected chi connectivity index (χ4v) is 2.95. The van der Waals surface area contributed by atoms with Gasteiger partial charge in [0.1, 0.15) is 0 Å². The number of ether oxygens (including phenoxy) is 1. The van der Waals surface area contributed by atoms with Crippen molar-refractivity contribution in [3.8, 4) is 0 Å². The summed E-state index contributed by atoms with van der Waals surface area (Å²) in [5, 5.41) is 3.46. The van der Waals surface area contributed by atoms with E-state index in [4.69, 9.17) is 4.74 Å². The first-order valence-electron chi connectivity index (χ1n) is 6.73. The normalized spacial score (nSPS) is 32.2. The van der Waals surface area contributed by atoms with Crippen molar-refractivity contribution < 1.29 is 4.74 Å². The zero-order chi connectivity index (χ0) is 11.4.